The lowest BCUT2D eigenvalue weighted by Crippen LogP contribution is -2.62. The second kappa shape index (κ2) is 4.97. The summed E-state index contributed by atoms with van der Waals surface area (Å²) in [6.07, 6.45) is -7.05. The summed E-state index contributed by atoms with van der Waals surface area (Å²) in [7, 11) is -6.15. The maximum atomic E-state index is 12.4. The molecule has 0 saturated heterocycles. The molecule has 118 valence electrons. The third-order valence-electron chi connectivity index (χ3n) is 1.57. The number of hydrogen-bond donors (Lipinski definition) is 1. The van der Waals surface area contributed by atoms with Gasteiger partial charge in [0, 0.05) is 0 Å². The van der Waals surface area contributed by atoms with Gasteiger partial charge in [0.05, 0.1) is 0 Å². The Balaban J connectivity index is 0. The van der Waals surface area contributed by atoms with E-state index < -0.39 is 39.8 Å². The molecule has 0 aromatic heterocycles. The van der Waals surface area contributed by atoms with Crippen molar-refractivity contribution in [3.8, 4) is 0 Å². The number of hydrogen-bond acceptors (Lipinski definition) is 3. The van der Waals surface area contributed by atoms with Crippen LogP contribution in [0.4, 0.5) is 39.5 Å². The van der Waals surface area contributed by atoms with E-state index in [4.69, 9.17) is 0 Å². The van der Waals surface area contributed by atoms with Crippen LogP contribution in [0.5, 0.6) is 0 Å². The van der Waals surface area contributed by atoms with Crippen LogP contribution < -0.4 is 6.15 Å². The highest BCUT2D eigenvalue weighted by molar-refractivity contribution is 7.85. The van der Waals surface area contributed by atoms with Crippen LogP contribution in [0, 0.1) is 0 Å². The highest BCUT2D eigenvalue weighted by Gasteiger charge is 2.81. The predicted octanol–water partition coefficient (Wildman–Crippen LogP) is 2.38. The molecule has 0 aliphatic rings. The Morgan fingerprint density at radius 1 is 0.789 bits per heavy atom. The SMILES string of the molecule is O=S(=O)([O-])CC(F)(F)C(F)(F)C(F)(F)C(F)(F)F.[NH4+]. The third-order valence-corrected chi connectivity index (χ3v) is 2.28. The van der Waals surface area contributed by atoms with Gasteiger partial charge in [-0.05, 0) is 0 Å². The topological polar surface area (TPSA) is 93.7 Å². The first kappa shape index (κ1) is 20.6. The van der Waals surface area contributed by atoms with Gasteiger partial charge in [-0.3, -0.25) is 0 Å². The summed E-state index contributed by atoms with van der Waals surface area (Å²) in [5.74, 6) is -24.1. The second-order valence-electron chi connectivity index (χ2n) is 3.05. The molecule has 0 atom stereocenters. The maximum Gasteiger partial charge on any atom is 0.460 e. The van der Waals surface area contributed by atoms with Gasteiger partial charge in [-0.15, -0.1) is 0 Å². The highest BCUT2D eigenvalue weighted by Crippen LogP contribution is 2.53. The number of quaternary nitrogens is 1. The van der Waals surface area contributed by atoms with Crippen molar-refractivity contribution >= 4 is 10.1 Å². The molecular formula is C5H6F9NO3S. The van der Waals surface area contributed by atoms with Gasteiger partial charge < -0.3 is 10.7 Å². The molecule has 0 unspecified atom stereocenters. The normalized spacial score (nSPS) is 15.1. The zero-order valence-corrected chi connectivity index (χ0v) is 9.56. The molecule has 4 N–H and O–H groups in total. The molecule has 0 aliphatic carbocycles. The fourth-order valence-corrected chi connectivity index (χ4v) is 1.35. The van der Waals surface area contributed by atoms with E-state index >= 15 is 0 Å². The molecule has 0 amide bonds. The van der Waals surface area contributed by atoms with Crippen molar-refractivity contribution in [2.45, 2.75) is 23.9 Å². The van der Waals surface area contributed by atoms with E-state index in [2.05, 4.69) is 0 Å². The van der Waals surface area contributed by atoms with E-state index in [1.807, 2.05) is 0 Å². The standard InChI is InChI=1S/C5H3F9O3S.H3N/c6-2(7,1-18(15,16)17)3(8,9)4(10,11)5(12,13)14;/h1H2,(H,15,16,17);1H3. The van der Waals surface area contributed by atoms with Gasteiger partial charge in [0.25, 0.3) is 0 Å². The molecule has 0 aromatic carbocycles. The van der Waals surface area contributed by atoms with Crippen molar-refractivity contribution in [3.05, 3.63) is 0 Å². The summed E-state index contributed by atoms with van der Waals surface area (Å²) in [6.45, 7) is 0. The first-order valence-electron chi connectivity index (χ1n) is 3.59. The van der Waals surface area contributed by atoms with Crippen LogP contribution in [0.15, 0.2) is 0 Å². The van der Waals surface area contributed by atoms with Crippen molar-refractivity contribution in [2.75, 3.05) is 5.75 Å². The first-order chi connectivity index (χ1) is 7.46. The number of rotatable bonds is 4. The molecule has 19 heavy (non-hydrogen) atoms. The molecule has 0 aliphatic heterocycles. The van der Waals surface area contributed by atoms with Crippen molar-refractivity contribution < 1.29 is 52.5 Å². The van der Waals surface area contributed by atoms with Gasteiger partial charge in [0.15, 0.2) is 0 Å². The molecule has 0 bridgehead atoms. The molecule has 0 spiro atoms. The smallest absolute Gasteiger partial charge is 0.460 e. The zero-order valence-electron chi connectivity index (χ0n) is 8.74. The minimum Gasteiger partial charge on any atom is -0.748 e. The highest BCUT2D eigenvalue weighted by atomic mass is 32.2. The summed E-state index contributed by atoms with van der Waals surface area (Å²) in [4.78, 5) is 0. The monoisotopic (exact) mass is 331 g/mol. The minimum absolute atomic E-state index is 0. The molecule has 0 saturated carbocycles. The Hall–Kier alpha value is -0.760. The lowest BCUT2D eigenvalue weighted by atomic mass is 10.1. The third kappa shape index (κ3) is 3.85. The van der Waals surface area contributed by atoms with Gasteiger partial charge in [-0.2, -0.15) is 39.5 Å². The van der Waals surface area contributed by atoms with Gasteiger partial charge in [0.1, 0.15) is 15.9 Å². The van der Waals surface area contributed by atoms with Crippen molar-refractivity contribution in [1.29, 1.82) is 0 Å². The van der Waals surface area contributed by atoms with E-state index in [1.165, 1.54) is 0 Å². The van der Waals surface area contributed by atoms with E-state index in [0.29, 0.717) is 0 Å². The van der Waals surface area contributed by atoms with Crippen LogP contribution in [-0.2, 0) is 10.1 Å². The molecular weight excluding hydrogens is 325 g/mol. The quantitative estimate of drug-likeness (QED) is 0.633. The number of alkyl halides is 9. The minimum atomic E-state index is -7.20. The van der Waals surface area contributed by atoms with E-state index in [1.54, 1.807) is 0 Å². The summed E-state index contributed by atoms with van der Waals surface area (Å²) in [5, 5.41) is 0. The molecule has 0 fully saturated rings. The van der Waals surface area contributed by atoms with Gasteiger partial charge in [-0.25, -0.2) is 8.42 Å². The molecule has 0 heterocycles. The average molecular weight is 331 g/mol. The largest absolute Gasteiger partial charge is 0.748 e. The molecule has 14 heteroatoms. The summed E-state index contributed by atoms with van der Waals surface area (Å²) >= 11 is 0. The Morgan fingerprint density at radius 3 is 1.32 bits per heavy atom. The molecule has 0 radical (unpaired) electrons. The molecule has 0 rings (SSSR count). The fourth-order valence-electron chi connectivity index (χ4n) is 0.720. The molecule has 4 nitrogen and oxygen atoms in total. The lowest BCUT2D eigenvalue weighted by Gasteiger charge is -2.33. The van der Waals surface area contributed by atoms with Crippen LogP contribution in [0.3, 0.4) is 0 Å². The Morgan fingerprint density at radius 2 is 1.11 bits per heavy atom. The summed E-state index contributed by atoms with van der Waals surface area (Å²) < 4.78 is 138. The van der Waals surface area contributed by atoms with Crippen molar-refractivity contribution in [3.63, 3.8) is 0 Å². The molecule has 0 aromatic rings. The number of halogens is 9. The fraction of sp³-hybridized carbons (Fsp3) is 1.00. The van der Waals surface area contributed by atoms with Crippen LogP contribution in [0.25, 0.3) is 0 Å². The van der Waals surface area contributed by atoms with Gasteiger partial charge in [0.2, 0.25) is 0 Å². The van der Waals surface area contributed by atoms with Crippen LogP contribution >= 0.6 is 0 Å². The van der Waals surface area contributed by atoms with Gasteiger partial charge >= 0.3 is 23.9 Å². The lowest BCUT2D eigenvalue weighted by molar-refractivity contribution is -0.392. The Bertz CT molecular complexity index is 414. The van der Waals surface area contributed by atoms with Crippen LogP contribution in [-0.4, -0.2) is 42.7 Å². The van der Waals surface area contributed by atoms with Gasteiger partial charge in [-0.1, -0.05) is 0 Å². The Kier molecular flexibility index (Phi) is 5.38. The predicted molar refractivity (Wildman–Crippen MR) is 41.4 cm³/mol. The zero-order chi connectivity index (χ0) is 15.2. The summed E-state index contributed by atoms with van der Waals surface area (Å²) in [5.41, 5.74) is 0. The average Bonchev–Trinajstić information content (AvgIpc) is 1.95. The van der Waals surface area contributed by atoms with E-state index in [-0.39, 0.29) is 6.15 Å². The second-order valence-corrected chi connectivity index (χ2v) is 4.46. The first-order valence-corrected chi connectivity index (χ1v) is 5.17. The van der Waals surface area contributed by atoms with Crippen molar-refractivity contribution in [1.82, 2.24) is 6.15 Å². The van der Waals surface area contributed by atoms with E-state index in [0.717, 1.165) is 0 Å². The summed E-state index contributed by atoms with van der Waals surface area (Å²) in [6, 6.07) is 0. The van der Waals surface area contributed by atoms with Crippen LogP contribution in [0.1, 0.15) is 0 Å². The Labute approximate surface area is 99.5 Å². The maximum absolute atomic E-state index is 12.4. The van der Waals surface area contributed by atoms with Crippen molar-refractivity contribution in [2.24, 2.45) is 0 Å². The van der Waals surface area contributed by atoms with E-state index in [9.17, 15) is 52.5 Å². The van der Waals surface area contributed by atoms with Crippen LogP contribution in [0.2, 0.25) is 0 Å².